The SMILES string of the molecule is COc1cc(C=NNC(N)=S)ccc1OCc1ccccc1C#N. The topological polar surface area (TPSA) is 92.7 Å². The van der Waals surface area contributed by atoms with Crippen LogP contribution in [0.15, 0.2) is 47.6 Å². The first kappa shape index (κ1) is 17.2. The monoisotopic (exact) mass is 340 g/mol. The molecule has 0 atom stereocenters. The van der Waals surface area contributed by atoms with Gasteiger partial charge in [-0.05, 0) is 42.0 Å². The molecular formula is C17H16N4O2S. The molecule has 0 saturated carbocycles. The second-order valence-corrected chi connectivity index (χ2v) is 5.14. The molecule has 0 amide bonds. The van der Waals surface area contributed by atoms with Crippen LogP contribution in [0, 0.1) is 11.3 Å². The number of hydrazone groups is 1. The van der Waals surface area contributed by atoms with Crippen LogP contribution in [0.3, 0.4) is 0 Å². The molecule has 0 unspecified atom stereocenters. The number of nitrogens with zero attached hydrogens (tertiary/aromatic N) is 2. The lowest BCUT2D eigenvalue weighted by molar-refractivity contribution is 0.284. The summed E-state index contributed by atoms with van der Waals surface area (Å²) < 4.78 is 11.1. The summed E-state index contributed by atoms with van der Waals surface area (Å²) in [5, 5.41) is 13.1. The van der Waals surface area contributed by atoms with E-state index in [9.17, 15) is 0 Å². The van der Waals surface area contributed by atoms with E-state index in [-0.39, 0.29) is 11.7 Å². The van der Waals surface area contributed by atoms with Crippen molar-refractivity contribution in [3.63, 3.8) is 0 Å². The first-order valence-corrected chi connectivity index (χ1v) is 7.42. The van der Waals surface area contributed by atoms with Gasteiger partial charge in [0.05, 0.1) is 25.0 Å². The van der Waals surface area contributed by atoms with Gasteiger partial charge < -0.3 is 15.2 Å². The van der Waals surface area contributed by atoms with E-state index in [0.717, 1.165) is 11.1 Å². The normalized spacial score (nSPS) is 10.2. The molecule has 0 aliphatic rings. The highest BCUT2D eigenvalue weighted by atomic mass is 32.1. The highest BCUT2D eigenvalue weighted by Gasteiger charge is 2.07. The maximum atomic E-state index is 9.11. The van der Waals surface area contributed by atoms with Crippen LogP contribution >= 0.6 is 12.2 Å². The summed E-state index contributed by atoms with van der Waals surface area (Å²) in [6.07, 6.45) is 1.57. The number of methoxy groups -OCH3 is 1. The molecule has 0 fully saturated rings. The number of rotatable bonds is 6. The minimum atomic E-state index is 0.0920. The zero-order valence-electron chi connectivity index (χ0n) is 13.0. The van der Waals surface area contributed by atoms with E-state index in [1.54, 1.807) is 31.5 Å². The van der Waals surface area contributed by atoms with Crippen molar-refractivity contribution < 1.29 is 9.47 Å². The van der Waals surface area contributed by atoms with E-state index in [0.29, 0.717) is 17.1 Å². The van der Waals surface area contributed by atoms with Gasteiger partial charge in [0.15, 0.2) is 16.6 Å². The first-order valence-electron chi connectivity index (χ1n) is 7.01. The molecule has 0 spiro atoms. The molecule has 2 aromatic rings. The number of thiocarbonyl (C=S) groups is 1. The second-order valence-electron chi connectivity index (χ2n) is 4.70. The number of hydrogen-bond acceptors (Lipinski definition) is 5. The molecular weight excluding hydrogens is 324 g/mol. The number of nitrogens with one attached hydrogen (secondary N) is 1. The zero-order valence-corrected chi connectivity index (χ0v) is 13.8. The number of ether oxygens (including phenoxy) is 2. The van der Waals surface area contributed by atoms with Crippen molar-refractivity contribution in [2.75, 3.05) is 7.11 Å². The van der Waals surface area contributed by atoms with Crippen molar-refractivity contribution in [2.45, 2.75) is 6.61 Å². The van der Waals surface area contributed by atoms with Gasteiger partial charge in [-0.1, -0.05) is 18.2 Å². The molecule has 0 aromatic heterocycles. The average molecular weight is 340 g/mol. The van der Waals surface area contributed by atoms with Gasteiger partial charge in [-0.15, -0.1) is 0 Å². The largest absolute Gasteiger partial charge is 0.493 e. The Kier molecular flexibility index (Phi) is 6.11. The molecule has 2 rings (SSSR count). The van der Waals surface area contributed by atoms with E-state index >= 15 is 0 Å². The van der Waals surface area contributed by atoms with Crippen molar-refractivity contribution in [2.24, 2.45) is 10.8 Å². The van der Waals surface area contributed by atoms with Gasteiger partial charge in [-0.3, -0.25) is 5.43 Å². The number of nitrogens with two attached hydrogens (primary N) is 1. The molecule has 0 aliphatic heterocycles. The maximum absolute atomic E-state index is 9.11. The highest BCUT2D eigenvalue weighted by Crippen LogP contribution is 2.28. The van der Waals surface area contributed by atoms with Crippen LogP contribution in [0.5, 0.6) is 11.5 Å². The smallest absolute Gasteiger partial charge is 0.184 e. The second kappa shape index (κ2) is 8.50. The van der Waals surface area contributed by atoms with Crippen molar-refractivity contribution in [3.05, 3.63) is 59.2 Å². The molecule has 122 valence electrons. The Balaban J connectivity index is 2.12. The van der Waals surface area contributed by atoms with Crippen molar-refractivity contribution in [1.82, 2.24) is 5.43 Å². The van der Waals surface area contributed by atoms with Crippen LogP contribution in [0.25, 0.3) is 0 Å². The van der Waals surface area contributed by atoms with Gasteiger partial charge in [0.1, 0.15) is 6.61 Å². The number of nitriles is 1. The third-order valence-corrected chi connectivity index (χ3v) is 3.19. The molecule has 7 heteroatoms. The van der Waals surface area contributed by atoms with Crippen molar-refractivity contribution in [3.8, 4) is 17.6 Å². The third kappa shape index (κ3) is 4.69. The van der Waals surface area contributed by atoms with E-state index < -0.39 is 0 Å². The summed E-state index contributed by atoms with van der Waals surface area (Å²) in [4.78, 5) is 0. The van der Waals surface area contributed by atoms with Gasteiger partial charge in [0, 0.05) is 5.56 Å². The summed E-state index contributed by atoms with van der Waals surface area (Å²) in [5.74, 6) is 1.13. The van der Waals surface area contributed by atoms with E-state index in [2.05, 4.69) is 28.8 Å². The summed E-state index contributed by atoms with van der Waals surface area (Å²) in [5.41, 5.74) is 9.97. The summed E-state index contributed by atoms with van der Waals surface area (Å²) in [6.45, 7) is 0.274. The van der Waals surface area contributed by atoms with E-state index in [4.69, 9.17) is 20.5 Å². The van der Waals surface area contributed by atoms with Gasteiger partial charge in [-0.2, -0.15) is 10.4 Å². The minimum Gasteiger partial charge on any atom is -0.493 e. The van der Waals surface area contributed by atoms with Crippen LogP contribution in [-0.2, 0) is 6.61 Å². The molecule has 0 radical (unpaired) electrons. The summed E-state index contributed by atoms with van der Waals surface area (Å²) in [6, 6.07) is 14.8. The lowest BCUT2D eigenvalue weighted by atomic mass is 10.1. The molecule has 2 aromatic carbocycles. The number of benzene rings is 2. The Labute approximate surface area is 145 Å². The zero-order chi connectivity index (χ0) is 17.4. The predicted molar refractivity (Wildman–Crippen MR) is 96.0 cm³/mol. The Bertz CT molecular complexity index is 799. The predicted octanol–water partition coefficient (Wildman–Crippen LogP) is 2.31. The van der Waals surface area contributed by atoms with E-state index in [1.807, 2.05) is 24.3 Å². The Morgan fingerprint density at radius 3 is 2.83 bits per heavy atom. The first-order chi connectivity index (χ1) is 11.6. The molecule has 0 bridgehead atoms. The Morgan fingerprint density at radius 2 is 2.12 bits per heavy atom. The molecule has 6 nitrogen and oxygen atoms in total. The fourth-order valence-corrected chi connectivity index (χ4v) is 2.02. The molecule has 0 heterocycles. The number of hydrogen-bond donors (Lipinski definition) is 2. The average Bonchev–Trinajstić information content (AvgIpc) is 2.60. The van der Waals surface area contributed by atoms with Gasteiger partial charge >= 0.3 is 0 Å². The van der Waals surface area contributed by atoms with Crippen molar-refractivity contribution >= 4 is 23.5 Å². The molecule has 24 heavy (non-hydrogen) atoms. The Hall–Kier alpha value is -3.11. The Morgan fingerprint density at radius 1 is 1.33 bits per heavy atom. The summed E-state index contributed by atoms with van der Waals surface area (Å²) >= 11 is 4.67. The van der Waals surface area contributed by atoms with E-state index in [1.165, 1.54) is 0 Å². The standard InChI is InChI=1S/C17H16N4O2S/c1-22-16-8-12(10-20-21-17(19)24)6-7-15(16)23-11-14-5-3-2-4-13(14)9-18/h2-8,10H,11H2,1H3,(H3,19,21,24). The maximum Gasteiger partial charge on any atom is 0.184 e. The van der Waals surface area contributed by atoms with Crippen LogP contribution < -0.4 is 20.6 Å². The van der Waals surface area contributed by atoms with Crippen molar-refractivity contribution in [1.29, 1.82) is 5.26 Å². The lowest BCUT2D eigenvalue weighted by Gasteiger charge is -2.12. The van der Waals surface area contributed by atoms with Gasteiger partial charge in [-0.25, -0.2) is 0 Å². The lowest BCUT2D eigenvalue weighted by Crippen LogP contribution is -2.23. The van der Waals surface area contributed by atoms with Crippen LogP contribution in [0.1, 0.15) is 16.7 Å². The minimum absolute atomic E-state index is 0.0920. The van der Waals surface area contributed by atoms with Gasteiger partial charge in [0.25, 0.3) is 0 Å². The molecule has 0 saturated heterocycles. The fourth-order valence-electron chi connectivity index (χ4n) is 1.96. The van der Waals surface area contributed by atoms with Crippen LogP contribution in [0.4, 0.5) is 0 Å². The van der Waals surface area contributed by atoms with Crippen LogP contribution in [0.2, 0.25) is 0 Å². The quantitative estimate of drug-likeness (QED) is 0.476. The highest BCUT2D eigenvalue weighted by molar-refractivity contribution is 7.80. The van der Waals surface area contributed by atoms with Crippen LogP contribution in [-0.4, -0.2) is 18.4 Å². The fraction of sp³-hybridized carbons (Fsp3) is 0.118. The third-order valence-electron chi connectivity index (χ3n) is 3.10. The summed E-state index contributed by atoms with van der Waals surface area (Å²) in [7, 11) is 1.56. The molecule has 0 aliphatic carbocycles. The van der Waals surface area contributed by atoms with Gasteiger partial charge in [0.2, 0.25) is 0 Å². The molecule has 3 N–H and O–H groups in total.